The van der Waals surface area contributed by atoms with E-state index in [1.165, 1.54) is 32.7 Å². The van der Waals surface area contributed by atoms with Gasteiger partial charge in [0.25, 0.3) is 0 Å². The van der Waals surface area contributed by atoms with Crippen molar-refractivity contribution >= 4 is 66.4 Å². The summed E-state index contributed by atoms with van der Waals surface area (Å²) in [6.45, 7) is 9.07. The maximum atomic E-state index is 9.91. The number of hydrogen-bond donors (Lipinski definition) is 0. The van der Waals surface area contributed by atoms with Crippen molar-refractivity contribution in [2.24, 2.45) is 0 Å². The zero-order valence-electron chi connectivity index (χ0n) is 29.8. The summed E-state index contributed by atoms with van der Waals surface area (Å²) < 4.78 is 0. The third-order valence-electron chi connectivity index (χ3n) is 10.1. The van der Waals surface area contributed by atoms with Crippen molar-refractivity contribution in [3.8, 4) is 12.1 Å². The van der Waals surface area contributed by atoms with Crippen LogP contribution in [0, 0.1) is 22.7 Å². The van der Waals surface area contributed by atoms with Crippen molar-refractivity contribution in [2.75, 3.05) is 9.80 Å². The molecule has 0 heterocycles. The van der Waals surface area contributed by atoms with Gasteiger partial charge in [0.15, 0.2) is 0 Å². The molecule has 0 unspecified atom stereocenters. The summed E-state index contributed by atoms with van der Waals surface area (Å²) in [7, 11) is 0. The SMILES string of the molecule is CC(C)c1cc(N(c2ccccc2)c2cccc(C#N)c2)c2ccc3c(C(C)C)cc(N(c4ccccc4)c4cccc(C#N)c4)c4ccc1c2c34. The Balaban J connectivity index is 1.52. The van der Waals surface area contributed by atoms with Crippen molar-refractivity contribution in [3.05, 3.63) is 168 Å². The molecule has 8 aromatic carbocycles. The molecule has 0 aliphatic carbocycles. The van der Waals surface area contributed by atoms with Crippen LogP contribution in [0.1, 0.15) is 61.8 Å². The first kappa shape index (κ1) is 32.6. The molecule has 0 amide bonds. The number of nitriles is 2. The summed E-state index contributed by atoms with van der Waals surface area (Å²) >= 11 is 0. The van der Waals surface area contributed by atoms with E-state index in [4.69, 9.17) is 0 Å². The number of nitrogens with zero attached hydrogens (tertiary/aromatic N) is 4. The molecule has 0 aliphatic heterocycles. The lowest BCUT2D eigenvalue weighted by Crippen LogP contribution is -2.13. The number of benzene rings is 8. The van der Waals surface area contributed by atoms with Gasteiger partial charge in [0.1, 0.15) is 0 Å². The van der Waals surface area contributed by atoms with E-state index in [1.807, 2.05) is 48.5 Å². The molecule has 0 spiro atoms. The van der Waals surface area contributed by atoms with Gasteiger partial charge >= 0.3 is 0 Å². The molecular formula is C48H38N4. The van der Waals surface area contributed by atoms with Crippen LogP contribution in [-0.4, -0.2) is 0 Å². The first-order valence-electron chi connectivity index (χ1n) is 17.9. The van der Waals surface area contributed by atoms with E-state index >= 15 is 0 Å². The van der Waals surface area contributed by atoms with Gasteiger partial charge in [0.2, 0.25) is 0 Å². The standard InChI is InChI=1S/C48H38N4/c1-31(2)43-27-45(51(35-15-7-5-8-16-35)37-19-11-13-33(25-37)29-49)41-24-22-40-44(32(3)4)28-46(42-23-21-39(43)47(41)48(40)42)52(36-17-9-6-10-18-36)38-20-12-14-34(26-38)30-50/h5-28,31-32H,1-4H3. The van der Waals surface area contributed by atoms with Crippen molar-refractivity contribution in [1.82, 2.24) is 0 Å². The highest BCUT2D eigenvalue weighted by molar-refractivity contribution is 6.29. The molecule has 4 heteroatoms. The van der Waals surface area contributed by atoms with Gasteiger partial charge in [-0.25, -0.2) is 0 Å². The fourth-order valence-corrected chi connectivity index (χ4v) is 7.77. The van der Waals surface area contributed by atoms with Gasteiger partial charge in [-0.15, -0.1) is 0 Å². The smallest absolute Gasteiger partial charge is 0.0992 e. The molecule has 0 N–H and O–H groups in total. The normalized spacial score (nSPS) is 11.4. The van der Waals surface area contributed by atoms with Crippen LogP contribution in [0.25, 0.3) is 32.3 Å². The highest BCUT2D eigenvalue weighted by Crippen LogP contribution is 2.50. The zero-order chi connectivity index (χ0) is 35.9. The van der Waals surface area contributed by atoms with E-state index in [2.05, 4.69) is 147 Å². The Morgan fingerprint density at radius 2 is 0.769 bits per heavy atom. The van der Waals surface area contributed by atoms with E-state index in [1.54, 1.807) is 0 Å². The Morgan fingerprint density at radius 3 is 1.13 bits per heavy atom. The topological polar surface area (TPSA) is 54.1 Å². The van der Waals surface area contributed by atoms with Crippen LogP contribution in [0.2, 0.25) is 0 Å². The Morgan fingerprint density at radius 1 is 0.404 bits per heavy atom. The van der Waals surface area contributed by atoms with E-state index in [9.17, 15) is 10.5 Å². The maximum Gasteiger partial charge on any atom is 0.0992 e. The van der Waals surface area contributed by atoms with Crippen LogP contribution < -0.4 is 9.80 Å². The summed E-state index contributed by atoms with van der Waals surface area (Å²) in [6, 6.07) is 55.2. The predicted molar refractivity (Wildman–Crippen MR) is 217 cm³/mol. The van der Waals surface area contributed by atoms with Gasteiger partial charge in [-0.2, -0.15) is 10.5 Å². The van der Waals surface area contributed by atoms with E-state index in [0.29, 0.717) is 11.1 Å². The Hall–Kier alpha value is -6.62. The molecule has 0 radical (unpaired) electrons. The third-order valence-corrected chi connectivity index (χ3v) is 10.1. The van der Waals surface area contributed by atoms with Crippen LogP contribution >= 0.6 is 0 Å². The molecule has 0 atom stereocenters. The minimum absolute atomic E-state index is 0.255. The Kier molecular flexibility index (Phi) is 8.30. The minimum atomic E-state index is 0.255. The third kappa shape index (κ3) is 5.47. The largest absolute Gasteiger partial charge is 0.310 e. The highest BCUT2D eigenvalue weighted by atomic mass is 15.1. The molecule has 0 bridgehead atoms. The Labute approximate surface area is 305 Å². The van der Waals surface area contributed by atoms with Gasteiger partial charge in [-0.1, -0.05) is 100 Å². The summed E-state index contributed by atoms with van der Waals surface area (Å²) in [5, 5.41) is 27.1. The first-order chi connectivity index (χ1) is 25.4. The maximum absolute atomic E-state index is 9.91. The van der Waals surface area contributed by atoms with Crippen LogP contribution in [0.15, 0.2) is 146 Å². The summed E-state index contributed by atoms with van der Waals surface area (Å²) in [5.74, 6) is 0.509. The fourth-order valence-electron chi connectivity index (χ4n) is 7.77. The van der Waals surface area contributed by atoms with Crippen LogP contribution in [-0.2, 0) is 0 Å². The second kappa shape index (κ2) is 13.3. The van der Waals surface area contributed by atoms with Gasteiger partial charge in [-0.3, -0.25) is 0 Å². The Bertz CT molecular complexity index is 2480. The van der Waals surface area contributed by atoms with Gasteiger partial charge in [0, 0.05) is 33.5 Å². The molecule has 0 fully saturated rings. The van der Waals surface area contributed by atoms with E-state index in [0.717, 1.165) is 44.9 Å². The highest BCUT2D eigenvalue weighted by Gasteiger charge is 2.26. The lowest BCUT2D eigenvalue weighted by molar-refractivity contribution is 0.875. The van der Waals surface area contributed by atoms with Crippen LogP contribution in [0.3, 0.4) is 0 Å². The number of para-hydroxylation sites is 2. The molecule has 0 aliphatic rings. The summed E-state index contributed by atoms with van der Waals surface area (Å²) in [4.78, 5) is 4.60. The average molecular weight is 671 g/mol. The molecule has 0 saturated heterocycles. The lowest BCUT2D eigenvalue weighted by atomic mass is 9.84. The molecule has 8 rings (SSSR count). The van der Waals surface area contributed by atoms with E-state index in [-0.39, 0.29) is 11.8 Å². The number of anilines is 6. The van der Waals surface area contributed by atoms with Gasteiger partial charge < -0.3 is 9.80 Å². The first-order valence-corrected chi connectivity index (χ1v) is 17.9. The van der Waals surface area contributed by atoms with Crippen molar-refractivity contribution in [3.63, 3.8) is 0 Å². The lowest BCUT2D eigenvalue weighted by Gasteiger charge is -2.31. The van der Waals surface area contributed by atoms with Gasteiger partial charge in [-0.05, 0) is 117 Å². The summed E-state index contributed by atoms with van der Waals surface area (Å²) in [5.41, 5.74) is 9.85. The fraction of sp³-hybridized carbons (Fsp3) is 0.125. The molecule has 0 saturated carbocycles. The molecular weight excluding hydrogens is 633 g/mol. The second-order valence-electron chi connectivity index (χ2n) is 14.0. The molecule has 4 nitrogen and oxygen atoms in total. The zero-order valence-corrected chi connectivity index (χ0v) is 29.8. The second-order valence-corrected chi connectivity index (χ2v) is 14.0. The monoisotopic (exact) mass is 670 g/mol. The van der Waals surface area contributed by atoms with E-state index < -0.39 is 0 Å². The minimum Gasteiger partial charge on any atom is -0.310 e. The number of rotatable bonds is 8. The molecule has 0 aromatic heterocycles. The van der Waals surface area contributed by atoms with Crippen molar-refractivity contribution in [2.45, 2.75) is 39.5 Å². The van der Waals surface area contributed by atoms with Crippen molar-refractivity contribution in [1.29, 1.82) is 10.5 Å². The number of hydrogen-bond acceptors (Lipinski definition) is 4. The van der Waals surface area contributed by atoms with Crippen LogP contribution in [0.4, 0.5) is 34.1 Å². The average Bonchev–Trinajstić information content (AvgIpc) is 3.18. The van der Waals surface area contributed by atoms with Crippen LogP contribution in [0.5, 0.6) is 0 Å². The van der Waals surface area contributed by atoms with Gasteiger partial charge in [0.05, 0.1) is 34.6 Å². The molecule has 8 aromatic rings. The quantitative estimate of drug-likeness (QED) is 0.151. The molecule has 52 heavy (non-hydrogen) atoms. The predicted octanol–water partition coefficient (Wildman–Crippen LogP) is 13.5. The summed E-state index contributed by atoms with van der Waals surface area (Å²) in [6.07, 6.45) is 0. The molecule has 250 valence electrons. The van der Waals surface area contributed by atoms with Crippen molar-refractivity contribution < 1.29 is 0 Å².